The summed E-state index contributed by atoms with van der Waals surface area (Å²) in [6.07, 6.45) is 0. The van der Waals surface area contributed by atoms with Crippen LogP contribution in [-0.2, 0) is 14.9 Å². The number of esters is 1. The molecular weight excluding hydrogens is 396 g/mol. The van der Waals surface area contributed by atoms with Gasteiger partial charge in [0.1, 0.15) is 11.4 Å². The Morgan fingerprint density at radius 3 is 1.93 bits per heavy atom. The number of carbonyl (C=O) groups excluding carboxylic acids is 3. The third kappa shape index (κ3) is 5.07. The van der Waals surface area contributed by atoms with E-state index in [0.717, 1.165) is 6.07 Å². The summed E-state index contributed by atoms with van der Waals surface area (Å²) in [7, 11) is -4.60. The molecule has 0 aliphatic carbocycles. The molecule has 2 aromatic carbocycles. The second-order valence-corrected chi connectivity index (χ2v) is 6.53. The molecule has 0 aromatic heterocycles. The predicted octanol–water partition coefficient (Wildman–Crippen LogP) is -0.162. The van der Waals surface area contributed by atoms with Crippen LogP contribution in [0, 0.1) is 0 Å². The van der Waals surface area contributed by atoms with Crippen LogP contribution in [-0.4, -0.2) is 101 Å². The van der Waals surface area contributed by atoms with Gasteiger partial charge in [-0.15, -0.1) is 0 Å². The Labute approximate surface area is 199 Å². The van der Waals surface area contributed by atoms with Crippen molar-refractivity contribution in [3.63, 3.8) is 0 Å². The molecule has 11 heteroatoms. The molecule has 8 nitrogen and oxygen atoms in total. The van der Waals surface area contributed by atoms with Crippen molar-refractivity contribution in [2.75, 3.05) is 6.54 Å². The van der Waals surface area contributed by atoms with Crippen LogP contribution in [0.3, 0.4) is 0 Å². The molecule has 132 valence electrons. The number of imide groups is 1. The van der Waals surface area contributed by atoms with Crippen LogP contribution in [0.5, 0.6) is 5.75 Å². The SMILES string of the molecule is O=C(CN1C(=O)c2ccccc2C1=O)Oc1ccccc1S(=O)(=O)O.[NaH].[NaH]. The van der Waals surface area contributed by atoms with Gasteiger partial charge < -0.3 is 4.74 Å². The van der Waals surface area contributed by atoms with E-state index in [2.05, 4.69) is 0 Å². The van der Waals surface area contributed by atoms with E-state index in [9.17, 15) is 22.8 Å². The molecule has 0 unspecified atom stereocenters. The molecule has 1 aliphatic heterocycles. The first kappa shape index (κ1) is 24.0. The number of benzene rings is 2. The van der Waals surface area contributed by atoms with Crippen molar-refractivity contribution in [3.05, 3.63) is 59.7 Å². The first-order chi connectivity index (χ1) is 11.8. The maximum atomic E-state index is 12.2. The summed E-state index contributed by atoms with van der Waals surface area (Å²) < 4.78 is 36.6. The topological polar surface area (TPSA) is 118 Å². The molecule has 0 bridgehead atoms. The van der Waals surface area contributed by atoms with Crippen molar-refractivity contribution in [1.82, 2.24) is 4.90 Å². The van der Waals surface area contributed by atoms with E-state index in [-0.39, 0.29) is 70.2 Å². The Bertz CT molecular complexity index is 972. The monoisotopic (exact) mass is 409 g/mol. The van der Waals surface area contributed by atoms with Gasteiger partial charge in [0.25, 0.3) is 21.9 Å². The summed E-state index contributed by atoms with van der Waals surface area (Å²) in [4.78, 5) is 36.5. The normalized spacial score (nSPS) is 12.7. The van der Waals surface area contributed by atoms with Gasteiger partial charge >= 0.3 is 65.1 Å². The van der Waals surface area contributed by atoms with E-state index in [4.69, 9.17) is 9.29 Å². The molecule has 0 atom stereocenters. The van der Waals surface area contributed by atoms with Crippen LogP contribution in [0.4, 0.5) is 0 Å². The van der Waals surface area contributed by atoms with Crippen LogP contribution in [0.1, 0.15) is 20.7 Å². The molecule has 2 aromatic rings. The standard InChI is InChI=1S/C16H11NO7S.2Na.2H/c18-14(24-12-7-3-4-8-13(12)25(21,22)23)9-17-15(19)10-5-1-2-6-11(10)16(17)20;;;;/h1-8H,9H2,(H,21,22,23);;;;. The first-order valence-corrected chi connectivity index (χ1v) is 8.45. The number of fused-ring (bicyclic) bond motifs is 1. The summed E-state index contributed by atoms with van der Waals surface area (Å²) >= 11 is 0. The van der Waals surface area contributed by atoms with E-state index in [0.29, 0.717) is 4.90 Å². The Morgan fingerprint density at radius 1 is 0.926 bits per heavy atom. The van der Waals surface area contributed by atoms with E-state index in [1.54, 1.807) is 12.1 Å². The number of carbonyl (C=O) groups is 3. The van der Waals surface area contributed by atoms with Gasteiger partial charge in [0.15, 0.2) is 5.75 Å². The number of para-hydroxylation sites is 1. The third-order valence-corrected chi connectivity index (χ3v) is 4.41. The van der Waals surface area contributed by atoms with Gasteiger partial charge in [0.05, 0.1) is 11.1 Å². The molecule has 0 fully saturated rings. The van der Waals surface area contributed by atoms with Crippen LogP contribution in [0.15, 0.2) is 53.4 Å². The van der Waals surface area contributed by atoms with E-state index < -0.39 is 45.1 Å². The molecule has 0 radical (unpaired) electrons. The van der Waals surface area contributed by atoms with E-state index in [1.807, 2.05) is 0 Å². The Kier molecular flexibility index (Phi) is 8.39. The molecule has 0 spiro atoms. The van der Waals surface area contributed by atoms with Crippen molar-refractivity contribution >= 4 is 87.0 Å². The van der Waals surface area contributed by atoms with Gasteiger partial charge in [-0.25, -0.2) is 4.79 Å². The summed E-state index contributed by atoms with van der Waals surface area (Å²) in [6, 6.07) is 11.1. The molecule has 3 rings (SSSR count). The molecule has 2 amide bonds. The summed E-state index contributed by atoms with van der Waals surface area (Å²) in [5.74, 6) is -2.70. The van der Waals surface area contributed by atoms with Gasteiger partial charge in [0, 0.05) is 0 Å². The van der Waals surface area contributed by atoms with Crippen LogP contribution in [0.2, 0.25) is 0 Å². The van der Waals surface area contributed by atoms with E-state index in [1.165, 1.54) is 30.3 Å². The van der Waals surface area contributed by atoms with Gasteiger partial charge in [-0.2, -0.15) is 8.42 Å². The predicted molar refractivity (Wildman–Crippen MR) is 98.0 cm³/mol. The quantitative estimate of drug-likeness (QED) is 0.245. The summed E-state index contributed by atoms with van der Waals surface area (Å²) in [6.45, 7) is -0.688. The molecule has 27 heavy (non-hydrogen) atoms. The fraction of sp³-hybridized carbons (Fsp3) is 0.0625. The second-order valence-electron chi connectivity index (χ2n) is 5.14. The molecule has 1 N–H and O–H groups in total. The zero-order chi connectivity index (χ0) is 18.2. The van der Waals surface area contributed by atoms with Gasteiger partial charge in [-0.3, -0.25) is 19.0 Å². The summed E-state index contributed by atoms with van der Waals surface area (Å²) in [5, 5.41) is 0. The summed E-state index contributed by atoms with van der Waals surface area (Å²) in [5.41, 5.74) is 0.359. The minimum atomic E-state index is -4.60. The van der Waals surface area contributed by atoms with Crippen molar-refractivity contribution in [1.29, 1.82) is 0 Å². The number of nitrogens with zero attached hydrogens (tertiary/aromatic N) is 1. The zero-order valence-electron chi connectivity index (χ0n) is 12.6. The van der Waals surface area contributed by atoms with Crippen molar-refractivity contribution in [3.8, 4) is 5.75 Å². The number of rotatable bonds is 4. The average molecular weight is 409 g/mol. The molecule has 0 saturated carbocycles. The number of hydrogen-bond acceptors (Lipinski definition) is 6. The fourth-order valence-corrected chi connectivity index (χ4v) is 3.03. The number of hydrogen-bond donors (Lipinski definition) is 1. The van der Waals surface area contributed by atoms with Crippen molar-refractivity contribution < 1.29 is 32.1 Å². The molecule has 1 aliphatic rings. The molecular formula is C16H13NNa2O7S. The van der Waals surface area contributed by atoms with Gasteiger partial charge in [0.2, 0.25) is 0 Å². The van der Waals surface area contributed by atoms with E-state index >= 15 is 0 Å². The maximum absolute atomic E-state index is 12.2. The minimum absolute atomic E-state index is 0. The van der Waals surface area contributed by atoms with Gasteiger partial charge in [-0.1, -0.05) is 24.3 Å². The van der Waals surface area contributed by atoms with Crippen LogP contribution < -0.4 is 4.74 Å². The Morgan fingerprint density at radius 2 is 1.41 bits per heavy atom. The first-order valence-electron chi connectivity index (χ1n) is 7.01. The van der Waals surface area contributed by atoms with Crippen molar-refractivity contribution in [2.45, 2.75) is 4.90 Å². The average Bonchev–Trinajstić information content (AvgIpc) is 2.80. The Balaban J connectivity index is 0.00000182. The van der Waals surface area contributed by atoms with Crippen molar-refractivity contribution in [2.24, 2.45) is 0 Å². The molecule has 0 saturated heterocycles. The van der Waals surface area contributed by atoms with Crippen LogP contribution >= 0.6 is 0 Å². The number of ether oxygens (including phenoxy) is 1. The second kappa shape index (κ2) is 9.44. The fourth-order valence-electron chi connectivity index (χ4n) is 2.41. The molecule has 1 heterocycles. The third-order valence-electron chi connectivity index (χ3n) is 3.52. The Hall–Kier alpha value is -1.04. The number of amides is 2. The zero-order valence-corrected chi connectivity index (χ0v) is 13.4. The van der Waals surface area contributed by atoms with Gasteiger partial charge in [-0.05, 0) is 24.3 Å². The van der Waals surface area contributed by atoms with Crippen LogP contribution in [0.25, 0.3) is 0 Å².